The molecule has 0 aliphatic heterocycles. The van der Waals surface area contributed by atoms with Gasteiger partial charge in [0.2, 0.25) is 11.8 Å². The molecule has 9 nitrogen and oxygen atoms in total. The van der Waals surface area contributed by atoms with Crippen molar-refractivity contribution in [3.05, 3.63) is 59.7 Å². The van der Waals surface area contributed by atoms with Crippen LogP contribution in [0.4, 0.5) is 4.79 Å². The number of fused-ring (bicyclic) bond motifs is 3. The number of carbonyl (C=O) groups excluding carboxylic acids is 3. The number of benzene rings is 2. The van der Waals surface area contributed by atoms with Crippen LogP contribution in [-0.4, -0.2) is 54.7 Å². The number of ether oxygens (including phenoxy) is 1. The van der Waals surface area contributed by atoms with Crippen LogP contribution < -0.4 is 16.0 Å². The maximum absolute atomic E-state index is 12.2. The number of hydrogen-bond donors (Lipinski definition) is 4. The molecule has 2 aromatic rings. The van der Waals surface area contributed by atoms with Gasteiger partial charge in [-0.1, -0.05) is 48.5 Å². The van der Waals surface area contributed by atoms with Crippen LogP contribution in [0.1, 0.15) is 42.7 Å². The lowest BCUT2D eigenvalue weighted by Crippen LogP contribution is -2.44. The summed E-state index contributed by atoms with van der Waals surface area (Å²) in [5.41, 5.74) is 4.46. The van der Waals surface area contributed by atoms with Crippen LogP contribution in [0.3, 0.4) is 0 Å². The summed E-state index contributed by atoms with van der Waals surface area (Å²) in [6.07, 6.45) is 1.50. The highest BCUT2D eigenvalue weighted by Gasteiger charge is 2.29. The summed E-state index contributed by atoms with van der Waals surface area (Å²) in [6.45, 7) is -0.381. The molecule has 2 aliphatic rings. The van der Waals surface area contributed by atoms with E-state index in [1.807, 2.05) is 36.4 Å². The second-order valence-corrected chi connectivity index (χ2v) is 9.00. The number of carboxylic acids is 1. The van der Waals surface area contributed by atoms with Gasteiger partial charge in [-0.3, -0.25) is 14.4 Å². The summed E-state index contributed by atoms with van der Waals surface area (Å²) in [5, 5.41) is 16.6. The highest BCUT2D eigenvalue weighted by Crippen LogP contribution is 2.44. The van der Waals surface area contributed by atoms with Crippen LogP contribution in [0.15, 0.2) is 48.5 Å². The number of amides is 3. The first kappa shape index (κ1) is 24.3. The monoisotopic (exact) mass is 479 g/mol. The average Bonchev–Trinajstić information content (AvgIpc) is 3.41. The van der Waals surface area contributed by atoms with Gasteiger partial charge in [0.1, 0.15) is 13.2 Å². The van der Waals surface area contributed by atoms with Crippen molar-refractivity contribution in [3.8, 4) is 11.1 Å². The molecule has 9 heteroatoms. The number of carboxylic acid groups (broad SMARTS) is 1. The second-order valence-electron chi connectivity index (χ2n) is 9.00. The molecule has 35 heavy (non-hydrogen) atoms. The normalized spacial score (nSPS) is 18.3. The molecule has 4 N–H and O–H groups in total. The molecule has 2 aliphatic carbocycles. The van der Waals surface area contributed by atoms with Gasteiger partial charge in [0.15, 0.2) is 0 Å². The van der Waals surface area contributed by atoms with Crippen LogP contribution in [0, 0.1) is 5.92 Å². The average molecular weight is 480 g/mol. The van der Waals surface area contributed by atoms with Crippen molar-refractivity contribution >= 4 is 23.9 Å². The number of rotatable bonds is 9. The van der Waals surface area contributed by atoms with Crippen LogP contribution in [-0.2, 0) is 19.1 Å². The fourth-order valence-corrected chi connectivity index (χ4v) is 4.96. The Morgan fingerprint density at radius 1 is 0.857 bits per heavy atom. The lowest BCUT2D eigenvalue weighted by atomic mass is 9.98. The minimum Gasteiger partial charge on any atom is -0.481 e. The van der Waals surface area contributed by atoms with Crippen LogP contribution in [0.2, 0.25) is 0 Å². The Morgan fingerprint density at radius 3 is 2.14 bits per heavy atom. The Hall–Kier alpha value is -3.88. The van der Waals surface area contributed by atoms with E-state index < -0.39 is 18.0 Å². The summed E-state index contributed by atoms with van der Waals surface area (Å²) in [7, 11) is 0. The first-order valence-corrected chi connectivity index (χ1v) is 11.8. The molecule has 1 saturated carbocycles. The van der Waals surface area contributed by atoms with Gasteiger partial charge in [-0.2, -0.15) is 0 Å². The highest BCUT2D eigenvalue weighted by atomic mass is 16.5. The third-order valence-electron chi connectivity index (χ3n) is 6.55. The van der Waals surface area contributed by atoms with Gasteiger partial charge in [0.25, 0.3) is 0 Å². The molecular formula is C26H29N3O6. The van der Waals surface area contributed by atoms with Crippen molar-refractivity contribution in [2.75, 3.05) is 19.7 Å². The van der Waals surface area contributed by atoms with Crippen molar-refractivity contribution in [1.82, 2.24) is 16.0 Å². The molecule has 2 aromatic carbocycles. The zero-order valence-corrected chi connectivity index (χ0v) is 19.3. The summed E-state index contributed by atoms with van der Waals surface area (Å²) in [4.78, 5) is 47.1. The third kappa shape index (κ3) is 6.17. The Labute approximate surface area is 203 Å². The molecule has 2 atom stereocenters. The SMILES string of the molecule is O=C(O)C[C@@H]1CC[C@H](NC(=O)CNC(=O)CNC(=O)OCC2c3ccccc3-c3ccccc32)C1. The number of alkyl carbamates (subject to hydrolysis) is 1. The van der Waals surface area contributed by atoms with Crippen molar-refractivity contribution in [2.24, 2.45) is 5.92 Å². The zero-order chi connectivity index (χ0) is 24.8. The smallest absolute Gasteiger partial charge is 0.407 e. The Kier molecular flexibility index (Phi) is 7.64. The predicted molar refractivity (Wildman–Crippen MR) is 128 cm³/mol. The molecule has 0 aromatic heterocycles. The second kappa shape index (κ2) is 11.0. The highest BCUT2D eigenvalue weighted by molar-refractivity contribution is 5.87. The van der Waals surface area contributed by atoms with Gasteiger partial charge in [0, 0.05) is 18.4 Å². The quantitative estimate of drug-likeness (QED) is 0.436. The molecule has 0 unspecified atom stereocenters. The van der Waals surface area contributed by atoms with E-state index in [0.717, 1.165) is 35.1 Å². The van der Waals surface area contributed by atoms with E-state index in [1.54, 1.807) is 0 Å². The topological polar surface area (TPSA) is 134 Å². The van der Waals surface area contributed by atoms with Gasteiger partial charge in [-0.15, -0.1) is 0 Å². The van der Waals surface area contributed by atoms with Gasteiger partial charge >= 0.3 is 12.1 Å². The Bertz CT molecular complexity index is 1070. The van der Waals surface area contributed by atoms with E-state index in [1.165, 1.54) is 0 Å². The van der Waals surface area contributed by atoms with Crippen LogP contribution in [0.25, 0.3) is 11.1 Å². The molecule has 0 spiro atoms. The lowest BCUT2D eigenvalue weighted by Gasteiger charge is -2.15. The summed E-state index contributed by atoms with van der Waals surface area (Å²) < 4.78 is 5.39. The van der Waals surface area contributed by atoms with Crippen molar-refractivity contribution in [2.45, 2.75) is 37.6 Å². The van der Waals surface area contributed by atoms with Crippen LogP contribution in [0.5, 0.6) is 0 Å². The molecule has 3 amide bonds. The van der Waals surface area contributed by atoms with Gasteiger partial charge in [-0.05, 0) is 47.4 Å². The lowest BCUT2D eigenvalue weighted by molar-refractivity contribution is -0.138. The minimum atomic E-state index is -0.835. The molecule has 184 valence electrons. The molecule has 0 saturated heterocycles. The summed E-state index contributed by atoms with van der Waals surface area (Å²) in [5.74, 6) is -1.70. The van der Waals surface area contributed by atoms with E-state index in [0.29, 0.717) is 6.42 Å². The standard InChI is InChI=1S/C26H29N3O6/c30-23(27-14-24(31)29-17-10-9-16(11-17)12-25(32)33)13-28-26(34)35-15-22-20-7-3-1-5-18(20)19-6-2-4-8-21(19)22/h1-8,16-17,22H,9-15H2,(H,27,30)(H,28,34)(H,29,31)(H,32,33)/t16-,17+/m1/s1. The summed E-state index contributed by atoms with van der Waals surface area (Å²) in [6, 6.07) is 15.9. The molecule has 1 fully saturated rings. The summed E-state index contributed by atoms with van der Waals surface area (Å²) >= 11 is 0. The van der Waals surface area contributed by atoms with E-state index in [-0.39, 0.29) is 49.9 Å². The minimum absolute atomic E-state index is 0.0637. The Balaban J connectivity index is 1.16. The maximum atomic E-state index is 12.2. The number of carbonyl (C=O) groups is 4. The number of nitrogens with one attached hydrogen (secondary N) is 3. The van der Waals surface area contributed by atoms with E-state index in [4.69, 9.17) is 9.84 Å². The van der Waals surface area contributed by atoms with Gasteiger partial charge in [0.05, 0.1) is 6.54 Å². The maximum Gasteiger partial charge on any atom is 0.407 e. The van der Waals surface area contributed by atoms with Gasteiger partial charge < -0.3 is 25.8 Å². The van der Waals surface area contributed by atoms with Crippen molar-refractivity contribution in [3.63, 3.8) is 0 Å². The molecule has 0 bridgehead atoms. The number of hydrogen-bond acceptors (Lipinski definition) is 5. The van der Waals surface area contributed by atoms with E-state index >= 15 is 0 Å². The molecule has 0 heterocycles. The first-order valence-electron chi connectivity index (χ1n) is 11.8. The number of aliphatic carboxylic acids is 1. The zero-order valence-electron chi connectivity index (χ0n) is 19.3. The van der Waals surface area contributed by atoms with E-state index in [2.05, 4.69) is 28.1 Å². The molecule has 4 rings (SSSR count). The van der Waals surface area contributed by atoms with E-state index in [9.17, 15) is 19.2 Å². The largest absolute Gasteiger partial charge is 0.481 e. The molecular weight excluding hydrogens is 450 g/mol. The van der Waals surface area contributed by atoms with Gasteiger partial charge in [-0.25, -0.2) is 4.79 Å². The fourth-order valence-electron chi connectivity index (χ4n) is 4.96. The van der Waals surface area contributed by atoms with Crippen LogP contribution >= 0.6 is 0 Å². The fraction of sp³-hybridized carbons (Fsp3) is 0.385. The van der Waals surface area contributed by atoms with Crippen molar-refractivity contribution in [1.29, 1.82) is 0 Å². The Morgan fingerprint density at radius 2 is 1.49 bits per heavy atom. The first-order chi connectivity index (χ1) is 16.9. The third-order valence-corrected chi connectivity index (χ3v) is 6.55. The molecule has 0 radical (unpaired) electrons. The predicted octanol–water partition coefficient (Wildman–Crippen LogP) is 2.40. The van der Waals surface area contributed by atoms with Crippen molar-refractivity contribution < 1.29 is 29.0 Å².